The molecule has 4 atom stereocenters. The van der Waals surface area contributed by atoms with E-state index in [1.807, 2.05) is 0 Å². The van der Waals surface area contributed by atoms with E-state index in [9.17, 15) is 28.8 Å². The Bertz CT molecular complexity index is 1370. The zero-order valence-electron chi connectivity index (χ0n) is 24.7. The van der Waals surface area contributed by atoms with Gasteiger partial charge in [0.05, 0.1) is 26.3 Å². The van der Waals surface area contributed by atoms with Crippen LogP contribution in [0.2, 0.25) is 0 Å². The molecule has 0 aromatic heterocycles. The average Bonchev–Trinajstić information content (AvgIpc) is 3.07. The van der Waals surface area contributed by atoms with E-state index < -0.39 is 53.0 Å². The molecule has 0 bridgehead atoms. The second kappa shape index (κ2) is 21.5. The van der Waals surface area contributed by atoms with E-state index in [4.69, 9.17) is 9.47 Å². The summed E-state index contributed by atoms with van der Waals surface area (Å²) in [4.78, 5) is 74.6. The number of esters is 2. The Morgan fingerprint density at radius 1 is 0.761 bits per heavy atom. The van der Waals surface area contributed by atoms with Crippen LogP contribution in [0.1, 0.15) is 20.7 Å². The lowest BCUT2D eigenvalue weighted by molar-refractivity contribution is -0.143. The maximum atomic E-state index is 13.5. The third kappa shape index (κ3) is 12.4. The highest BCUT2D eigenvalue weighted by molar-refractivity contribution is 8.76. The Morgan fingerprint density at radius 2 is 1.26 bits per heavy atom. The van der Waals surface area contributed by atoms with Crippen molar-refractivity contribution in [3.05, 3.63) is 59.7 Å². The maximum Gasteiger partial charge on any atom is 0.329 e. The number of methoxy groups -OCH3 is 2. The van der Waals surface area contributed by atoms with Crippen LogP contribution in [0.5, 0.6) is 0 Å². The van der Waals surface area contributed by atoms with Gasteiger partial charge in [-0.05, 0) is 34.2 Å². The molecule has 18 heteroatoms. The first-order valence-electron chi connectivity index (χ1n) is 13.4. The van der Waals surface area contributed by atoms with Gasteiger partial charge in [-0.25, -0.2) is 14.3 Å². The average molecular weight is 747 g/mol. The summed E-state index contributed by atoms with van der Waals surface area (Å²) in [6, 6.07) is 9.82. The van der Waals surface area contributed by atoms with Crippen LogP contribution < -0.4 is 20.1 Å². The van der Waals surface area contributed by atoms with Gasteiger partial charge in [0.1, 0.15) is 18.4 Å². The molecule has 0 saturated carbocycles. The van der Waals surface area contributed by atoms with E-state index in [-0.39, 0.29) is 28.4 Å². The fourth-order valence-electron chi connectivity index (χ4n) is 3.63. The molecule has 0 aliphatic heterocycles. The van der Waals surface area contributed by atoms with Gasteiger partial charge >= 0.3 is 11.9 Å². The lowest BCUT2D eigenvalue weighted by Gasteiger charge is -2.20. The number of ether oxygens (including phenoxy) is 2. The highest BCUT2D eigenvalue weighted by atomic mass is 33.1. The number of nitrogens with one attached hydrogen (secondary N) is 4. The maximum absolute atomic E-state index is 13.5. The lowest BCUT2D eigenvalue weighted by atomic mass is 9.94. The summed E-state index contributed by atoms with van der Waals surface area (Å²) in [5.41, 5.74) is 1.15. The Morgan fingerprint density at radius 3 is 1.70 bits per heavy atom. The van der Waals surface area contributed by atoms with Gasteiger partial charge in [-0.15, -0.1) is 12.6 Å². The van der Waals surface area contributed by atoms with Crippen molar-refractivity contribution < 1.29 is 38.2 Å². The molecule has 250 valence electrons. The van der Waals surface area contributed by atoms with Crippen molar-refractivity contribution in [3.8, 4) is 11.1 Å². The largest absolute Gasteiger partial charge is 0.467 e. The van der Waals surface area contributed by atoms with Crippen molar-refractivity contribution in [3.63, 3.8) is 0 Å². The zero-order chi connectivity index (χ0) is 34.1. The minimum Gasteiger partial charge on any atom is -0.467 e. The van der Waals surface area contributed by atoms with Crippen LogP contribution in [-0.4, -0.2) is 96.6 Å². The van der Waals surface area contributed by atoms with Gasteiger partial charge in [0.2, 0.25) is 5.12 Å². The first-order chi connectivity index (χ1) is 22.1. The molecule has 0 aliphatic carbocycles. The molecule has 0 aliphatic rings. The number of aldehydes is 1. The van der Waals surface area contributed by atoms with Crippen LogP contribution in [0, 0.1) is 0 Å². The van der Waals surface area contributed by atoms with Crippen LogP contribution >= 0.6 is 71.6 Å². The number of benzene rings is 2. The van der Waals surface area contributed by atoms with Crippen LogP contribution in [0.15, 0.2) is 48.5 Å². The van der Waals surface area contributed by atoms with E-state index in [0.717, 1.165) is 22.9 Å². The summed E-state index contributed by atoms with van der Waals surface area (Å²) in [5.74, 6) is -1.95. The zero-order valence-corrected chi connectivity index (χ0v) is 29.8. The fraction of sp³-hybridized carbons (Fsp3) is 0.357. The molecule has 2 aromatic rings. The number of hydrogen-bond acceptors (Lipinski definition) is 15. The van der Waals surface area contributed by atoms with Crippen LogP contribution in [0.4, 0.5) is 0 Å². The van der Waals surface area contributed by atoms with E-state index >= 15 is 0 Å². The van der Waals surface area contributed by atoms with E-state index in [0.29, 0.717) is 23.2 Å². The summed E-state index contributed by atoms with van der Waals surface area (Å²) in [7, 11) is 4.73. The van der Waals surface area contributed by atoms with Gasteiger partial charge in [-0.1, -0.05) is 59.1 Å². The Labute approximate surface area is 295 Å². The van der Waals surface area contributed by atoms with E-state index in [1.54, 1.807) is 48.5 Å². The predicted octanol–water partition coefficient (Wildman–Crippen LogP) is 2.27. The number of rotatable bonds is 20. The SMILES string of the molecule is COC(=O)C(CSN[C@@H](CS)C(=O)S)NC(=O)c1ccccc1-c1ccccc1C(=O)NC(CSSN[C@H](C=O)CS)C(=O)OC. The van der Waals surface area contributed by atoms with Gasteiger partial charge in [-0.2, -0.15) is 25.3 Å². The van der Waals surface area contributed by atoms with Gasteiger partial charge in [-0.3, -0.25) is 19.1 Å². The van der Waals surface area contributed by atoms with Gasteiger partial charge in [0.25, 0.3) is 11.8 Å². The fourth-order valence-corrected chi connectivity index (χ4v) is 7.51. The normalized spacial score (nSPS) is 13.4. The first kappa shape index (κ1) is 39.9. The Kier molecular flexibility index (Phi) is 18.7. The lowest BCUT2D eigenvalue weighted by Crippen LogP contribution is -2.44. The highest BCUT2D eigenvalue weighted by Gasteiger charge is 2.27. The first-order valence-corrected chi connectivity index (χ1v) is 18.4. The minimum absolute atomic E-state index is 0.0239. The van der Waals surface area contributed by atoms with Crippen molar-refractivity contribution >= 4 is 107 Å². The molecule has 2 rings (SSSR count). The van der Waals surface area contributed by atoms with Crippen LogP contribution in [0.25, 0.3) is 11.1 Å². The van der Waals surface area contributed by atoms with Gasteiger partial charge < -0.3 is 24.9 Å². The Balaban J connectivity index is 2.28. The molecule has 2 unspecified atom stereocenters. The smallest absolute Gasteiger partial charge is 0.329 e. The summed E-state index contributed by atoms with van der Waals surface area (Å²) < 4.78 is 15.5. The quantitative estimate of drug-likeness (QED) is 0.0264. The van der Waals surface area contributed by atoms with Crippen LogP contribution in [-0.2, 0) is 28.7 Å². The molecular formula is C28H34N4O8S6. The molecule has 2 amide bonds. The van der Waals surface area contributed by atoms with E-state index in [1.165, 1.54) is 25.0 Å². The third-order valence-corrected chi connectivity index (χ3v) is 10.1. The number of amides is 2. The minimum atomic E-state index is -1.09. The molecule has 0 heterocycles. The molecule has 0 saturated heterocycles. The summed E-state index contributed by atoms with van der Waals surface area (Å²) in [6.45, 7) is 0. The molecule has 0 radical (unpaired) electrons. The van der Waals surface area contributed by atoms with Crippen molar-refractivity contribution in [1.29, 1.82) is 0 Å². The van der Waals surface area contributed by atoms with Crippen LogP contribution in [0.3, 0.4) is 0 Å². The summed E-state index contributed by atoms with van der Waals surface area (Å²) in [5, 5.41) is 4.93. The number of carbonyl (C=O) groups excluding carboxylic acids is 6. The van der Waals surface area contributed by atoms with Crippen molar-refractivity contribution in [2.45, 2.75) is 24.2 Å². The number of carbonyl (C=O) groups is 6. The molecule has 2 aromatic carbocycles. The second-order valence-electron chi connectivity index (χ2n) is 9.10. The summed E-state index contributed by atoms with van der Waals surface area (Å²) >= 11 is 13.0. The molecular weight excluding hydrogens is 713 g/mol. The van der Waals surface area contributed by atoms with Crippen molar-refractivity contribution in [2.24, 2.45) is 0 Å². The topological polar surface area (TPSA) is 169 Å². The van der Waals surface area contributed by atoms with E-state index in [2.05, 4.69) is 58.0 Å². The van der Waals surface area contributed by atoms with Gasteiger partial charge in [0.15, 0.2) is 0 Å². The molecule has 0 spiro atoms. The monoisotopic (exact) mass is 746 g/mol. The number of thiol groups is 3. The third-order valence-electron chi connectivity index (χ3n) is 6.03. The Hall–Kier alpha value is -2.32. The van der Waals surface area contributed by atoms with Crippen molar-refractivity contribution in [1.82, 2.24) is 20.1 Å². The standard InChI is InChI=1S/C28H34N4O8S6/c1-39-26(36)22(14-44-32-21(13-42)28(38)43)29-24(34)19-9-5-3-7-17(19)18-8-4-6-10-20(18)25(35)30-23(27(37)40-2)15-45-46-31-16(11-33)12-41/h3-11,16,21-23,31-32,41-42H,12-15H2,1-2H3,(H,29,34)(H,30,35)(H,38,43)/t16-,21+,22?,23?/m1/s1. The predicted molar refractivity (Wildman–Crippen MR) is 193 cm³/mol. The van der Waals surface area contributed by atoms with Crippen molar-refractivity contribution in [2.75, 3.05) is 37.2 Å². The molecule has 12 nitrogen and oxygen atoms in total. The second-order valence-corrected chi connectivity index (χ2v) is 13.3. The molecule has 0 fully saturated rings. The molecule has 46 heavy (non-hydrogen) atoms. The molecule has 4 N–H and O–H groups in total. The highest BCUT2D eigenvalue weighted by Crippen LogP contribution is 2.28. The summed E-state index contributed by atoms with van der Waals surface area (Å²) in [6.07, 6.45) is 0.716. The number of hydrogen-bond donors (Lipinski definition) is 7. The van der Waals surface area contributed by atoms with Gasteiger partial charge in [0, 0.05) is 34.1 Å².